The Labute approximate surface area is 84.4 Å². The number of carbonyl (C=O) groups is 2. The minimum Gasteiger partial charge on any atom is -0.369 e. The van der Waals surface area contributed by atoms with E-state index in [-0.39, 0.29) is 18.5 Å². The molecule has 4 N–H and O–H groups in total. The van der Waals surface area contributed by atoms with Gasteiger partial charge in [-0.2, -0.15) is 0 Å². The molecule has 0 aliphatic rings. The summed E-state index contributed by atoms with van der Waals surface area (Å²) in [6.45, 7) is 5.39. The van der Waals surface area contributed by atoms with Gasteiger partial charge in [-0.25, -0.2) is 0 Å². The molecule has 0 heterocycles. The largest absolute Gasteiger partial charge is 0.369 e. The number of nitrogens with one attached hydrogen (secondary N) is 2. The molecule has 0 rings (SSSR count). The lowest BCUT2D eigenvalue weighted by molar-refractivity contribution is -0.127. The highest BCUT2D eigenvalue weighted by Gasteiger charge is 2.25. The molecule has 0 aromatic rings. The molecule has 0 saturated heterocycles. The van der Waals surface area contributed by atoms with E-state index in [4.69, 9.17) is 5.73 Å². The topological polar surface area (TPSA) is 84.2 Å². The van der Waals surface area contributed by atoms with Crippen LogP contribution >= 0.6 is 0 Å². The zero-order valence-corrected chi connectivity index (χ0v) is 9.18. The summed E-state index contributed by atoms with van der Waals surface area (Å²) in [5, 5.41) is 5.45. The molecule has 0 fully saturated rings. The molecule has 0 spiro atoms. The molecule has 0 saturated carbocycles. The number of primary amides is 1. The molecule has 0 aromatic heterocycles. The zero-order chi connectivity index (χ0) is 11.4. The highest BCUT2D eigenvalue weighted by Crippen LogP contribution is 2.11. The van der Waals surface area contributed by atoms with Crippen LogP contribution in [0.4, 0.5) is 0 Å². The third kappa shape index (κ3) is 3.74. The summed E-state index contributed by atoms with van der Waals surface area (Å²) in [6.07, 6.45) is 0. The number of rotatable bonds is 5. The van der Waals surface area contributed by atoms with Crippen LogP contribution in [0.5, 0.6) is 0 Å². The second-order valence-electron chi connectivity index (χ2n) is 3.98. The molecule has 1 atom stereocenters. The molecule has 0 aliphatic carbocycles. The van der Waals surface area contributed by atoms with E-state index in [1.54, 1.807) is 27.8 Å². The Morgan fingerprint density at radius 1 is 1.43 bits per heavy atom. The van der Waals surface area contributed by atoms with E-state index >= 15 is 0 Å². The number of likely N-dealkylation sites (N-methyl/N-ethyl adjacent to an activating group) is 1. The van der Waals surface area contributed by atoms with Crippen molar-refractivity contribution in [2.75, 3.05) is 13.6 Å². The second-order valence-corrected chi connectivity index (χ2v) is 3.98. The first-order valence-electron chi connectivity index (χ1n) is 4.56. The van der Waals surface area contributed by atoms with E-state index < -0.39 is 11.3 Å². The fraction of sp³-hybridized carbons (Fsp3) is 0.778. The smallest absolute Gasteiger partial charge is 0.236 e. The summed E-state index contributed by atoms with van der Waals surface area (Å²) in [5.41, 5.74) is 4.45. The molecular formula is C9H19N3O2. The maximum absolute atomic E-state index is 11.3. The third-order valence-electron chi connectivity index (χ3n) is 2.20. The predicted octanol–water partition coefficient (Wildman–Crippen LogP) is -0.778. The van der Waals surface area contributed by atoms with Gasteiger partial charge in [-0.3, -0.25) is 9.59 Å². The van der Waals surface area contributed by atoms with Crippen molar-refractivity contribution in [3.8, 4) is 0 Å². The molecule has 0 bridgehead atoms. The summed E-state index contributed by atoms with van der Waals surface area (Å²) in [5.74, 6) is -0.559. The Morgan fingerprint density at radius 2 is 1.93 bits per heavy atom. The van der Waals surface area contributed by atoms with Crippen molar-refractivity contribution in [1.29, 1.82) is 0 Å². The first kappa shape index (κ1) is 12.9. The molecule has 5 heteroatoms. The normalized spacial score (nSPS) is 13.4. The van der Waals surface area contributed by atoms with Crippen LogP contribution in [-0.2, 0) is 9.59 Å². The highest BCUT2D eigenvalue weighted by atomic mass is 16.2. The van der Waals surface area contributed by atoms with Crippen LogP contribution in [0.25, 0.3) is 0 Å². The van der Waals surface area contributed by atoms with Gasteiger partial charge in [0, 0.05) is 6.54 Å². The van der Waals surface area contributed by atoms with E-state index in [0.717, 1.165) is 0 Å². The van der Waals surface area contributed by atoms with Gasteiger partial charge in [0.2, 0.25) is 11.8 Å². The van der Waals surface area contributed by atoms with Gasteiger partial charge in [0.25, 0.3) is 0 Å². The monoisotopic (exact) mass is 201 g/mol. The minimum absolute atomic E-state index is 0.137. The van der Waals surface area contributed by atoms with Gasteiger partial charge < -0.3 is 16.4 Å². The van der Waals surface area contributed by atoms with Gasteiger partial charge in [0.15, 0.2) is 0 Å². The highest BCUT2D eigenvalue weighted by molar-refractivity contribution is 5.84. The lowest BCUT2D eigenvalue weighted by Gasteiger charge is -2.21. The molecule has 5 nitrogen and oxygen atoms in total. The predicted molar refractivity (Wildman–Crippen MR) is 54.5 cm³/mol. The molecule has 82 valence electrons. The number of carbonyl (C=O) groups excluding carboxylic acids is 2. The van der Waals surface area contributed by atoms with Crippen molar-refractivity contribution in [1.82, 2.24) is 10.6 Å². The SMILES string of the molecule is CNC(C)C(=O)NCC(C)(C)C(N)=O. The summed E-state index contributed by atoms with van der Waals surface area (Å²) < 4.78 is 0. The van der Waals surface area contributed by atoms with Crippen LogP contribution < -0.4 is 16.4 Å². The van der Waals surface area contributed by atoms with Gasteiger partial charge in [-0.15, -0.1) is 0 Å². The summed E-state index contributed by atoms with van der Waals surface area (Å²) >= 11 is 0. The Balaban J connectivity index is 4.06. The first-order chi connectivity index (χ1) is 6.31. The van der Waals surface area contributed by atoms with Crippen LogP contribution in [0.2, 0.25) is 0 Å². The van der Waals surface area contributed by atoms with Gasteiger partial charge in [0.05, 0.1) is 11.5 Å². The third-order valence-corrected chi connectivity index (χ3v) is 2.20. The van der Waals surface area contributed by atoms with Crippen LogP contribution in [0.3, 0.4) is 0 Å². The number of amides is 2. The van der Waals surface area contributed by atoms with E-state index in [0.29, 0.717) is 0 Å². The van der Waals surface area contributed by atoms with E-state index in [1.165, 1.54) is 0 Å². The fourth-order valence-corrected chi connectivity index (χ4v) is 0.679. The average molecular weight is 201 g/mol. The van der Waals surface area contributed by atoms with Crippen LogP contribution in [-0.4, -0.2) is 31.4 Å². The maximum Gasteiger partial charge on any atom is 0.236 e. The van der Waals surface area contributed by atoms with Crippen molar-refractivity contribution in [3.05, 3.63) is 0 Å². The average Bonchev–Trinajstić information content (AvgIpc) is 2.12. The summed E-state index contributed by atoms with van der Waals surface area (Å²) in [7, 11) is 1.70. The molecule has 0 aliphatic heterocycles. The van der Waals surface area contributed by atoms with Gasteiger partial charge >= 0.3 is 0 Å². The Bertz CT molecular complexity index is 226. The van der Waals surface area contributed by atoms with Gasteiger partial charge in [-0.1, -0.05) is 0 Å². The molecular weight excluding hydrogens is 182 g/mol. The van der Waals surface area contributed by atoms with Crippen LogP contribution in [0, 0.1) is 5.41 Å². The Hall–Kier alpha value is -1.10. The molecule has 14 heavy (non-hydrogen) atoms. The number of hydrogen-bond donors (Lipinski definition) is 3. The standard InChI is InChI=1S/C9H19N3O2/c1-6(11-4)7(13)12-5-9(2,3)8(10)14/h6,11H,5H2,1-4H3,(H2,10,14)(H,12,13). The van der Waals surface area contributed by atoms with E-state index in [2.05, 4.69) is 10.6 Å². The quantitative estimate of drug-likeness (QED) is 0.545. The number of nitrogens with two attached hydrogens (primary N) is 1. The summed E-state index contributed by atoms with van der Waals surface area (Å²) in [6, 6.07) is -0.265. The van der Waals surface area contributed by atoms with E-state index in [9.17, 15) is 9.59 Å². The fourth-order valence-electron chi connectivity index (χ4n) is 0.679. The zero-order valence-electron chi connectivity index (χ0n) is 9.18. The summed E-state index contributed by atoms with van der Waals surface area (Å²) in [4.78, 5) is 22.2. The molecule has 0 aromatic carbocycles. The molecule has 1 unspecified atom stereocenters. The van der Waals surface area contributed by atoms with Gasteiger partial charge in [0.1, 0.15) is 0 Å². The van der Waals surface area contributed by atoms with E-state index in [1.807, 2.05) is 0 Å². The molecule has 2 amide bonds. The lowest BCUT2D eigenvalue weighted by atomic mass is 9.93. The minimum atomic E-state index is -0.705. The molecule has 0 radical (unpaired) electrons. The van der Waals surface area contributed by atoms with Crippen molar-refractivity contribution in [3.63, 3.8) is 0 Å². The Kier molecular flexibility index (Phi) is 4.56. The van der Waals surface area contributed by atoms with Crippen molar-refractivity contribution in [2.45, 2.75) is 26.8 Å². The van der Waals surface area contributed by atoms with Crippen molar-refractivity contribution < 1.29 is 9.59 Å². The van der Waals surface area contributed by atoms with Crippen LogP contribution in [0.15, 0.2) is 0 Å². The first-order valence-corrected chi connectivity index (χ1v) is 4.56. The van der Waals surface area contributed by atoms with Crippen molar-refractivity contribution in [2.24, 2.45) is 11.1 Å². The van der Waals surface area contributed by atoms with Crippen LogP contribution in [0.1, 0.15) is 20.8 Å². The Morgan fingerprint density at radius 3 is 2.29 bits per heavy atom. The lowest BCUT2D eigenvalue weighted by Crippen LogP contribution is -2.47. The maximum atomic E-state index is 11.3. The van der Waals surface area contributed by atoms with Gasteiger partial charge in [-0.05, 0) is 27.8 Å². The van der Waals surface area contributed by atoms with Crippen molar-refractivity contribution >= 4 is 11.8 Å². The second kappa shape index (κ2) is 4.95. The number of hydrogen-bond acceptors (Lipinski definition) is 3.